The quantitative estimate of drug-likeness (QED) is 0.520. The molecule has 0 radical (unpaired) electrons. The Morgan fingerprint density at radius 2 is 2.40 bits per heavy atom. The highest BCUT2D eigenvalue weighted by Gasteiger charge is 2.23. The molecule has 0 saturated heterocycles. The molecule has 0 unspecified atom stereocenters. The monoisotopic (exact) mass is 140 g/mol. The van der Waals surface area contributed by atoms with E-state index in [1.165, 1.54) is 0 Å². The number of rotatable bonds is 2. The maximum absolute atomic E-state index is 10.9. The van der Waals surface area contributed by atoms with Crippen molar-refractivity contribution >= 4 is 11.5 Å². The highest BCUT2D eigenvalue weighted by molar-refractivity contribution is 6.37. The van der Waals surface area contributed by atoms with Crippen LogP contribution in [0.2, 0.25) is 0 Å². The summed E-state index contributed by atoms with van der Waals surface area (Å²) in [5, 5.41) is 0. The van der Waals surface area contributed by atoms with Gasteiger partial charge in [0.1, 0.15) is 13.1 Å². The van der Waals surface area contributed by atoms with E-state index in [9.17, 15) is 4.79 Å². The molecule has 2 nitrogen and oxygen atoms in total. The van der Waals surface area contributed by atoms with Gasteiger partial charge in [0.25, 0.3) is 0 Å². The predicted octanol–water partition coefficient (Wildman–Crippen LogP) is 0.843. The van der Waals surface area contributed by atoms with Gasteiger partial charge >= 0.3 is 0 Å². The average molecular weight is 140 g/mol. The molecule has 0 atom stereocenters. The van der Waals surface area contributed by atoms with Crippen LogP contribution in [0.25, 0.3) is 0 Å². The van der Waals surface area contributed by atoms with Gasteiger partial charge in [0.05, 0.1) is 0 Å². The largest absolute Gasteiger partial charge is 0.288 e. The van der Waals surface area contributed by atoms with Crippen LogP contribution in [0.15, 0.2) is 0 Å². The van der Waals surface area contributed by atoms with Crippen LogP contribution in [-0.2, 0) is 4.79 Å². The second-order valence-corrected chi connectivity index (χ2v) is 2.69. The minimum Gasteiger partial charge on any atom is -0.288 e. The van der Waals surface area contributed by atoms with Gasteiger partial charge in [-0.25, -0.2) is 4.58 Å². The molecule has 0 amide bonds. The third kappa shape index (κ3) is 1.25. The van der Waals surface area contributed by atoms with E-state index in [0.717, 1.165) is 31.6 Å². The van der Waals surface area contributed by atoms with Crippen LogP contribution in [0, 0.1) is 0 Å². The lowest BCUT2D eigenvalue weighted by atomic mass is 10.2. The van der Waals surface area contributed by atoms with Crippen molar-refractivity contribution in [3.8, 4) is 0 Å². The van der Waals surface area contributed by atoms with E-state index in [-0.39, 0.29) is 5.78 Å². The molecule has 1 heterocycles. The van der Waals surface area contributed by atoms with Crippen molar-refractivity contribution in [3.05, 3.63) is 0 Å². The molecule has 0 aromatic rings. The van der Waals surface area contributed by atoms with Crippen molar-refractivity contribution in [2.45, 2.75) is 26.7 Å². The summed E-state index contributed by atoms with van der Waals surface area (Å²) in [5.41, 5.74) is 1.03. The lowest BCUT2D eigenvalue weighted by molar-refractivity contribution is -0.515. The van der Waals surface area contributed by atoms with Crippen LogP contribution in [-0.4, -0.2) is 29.2 Å². The van der Waals surface area contributed by atoms with E-state index in [1.54, 1.807) is 6.92 Å². The molecular weight excluding hydrogens is 126 g/mol. The normalized spacial score (nSPS) is 18.2. The van der Waals surface area contributed by atoms with Crippen molar-refractivity contribution in [3.63, 3.8) is 0 Å². The standard InChI is InChI=1S/C8H14NO/c1-3-9-6-4-5-8(9)7(2)10/h3-6H2,1-2H3/q+1. The van der Waals surface area contributed by atoms with Crippen LogP contribution in [0.5, 0.6) is 0 Å². The molecule has 0 aromatic carbocycles. The molecule has 0 N–H and O–H groups in total. The smallest absolute Gasteiger partial charge is 0.219 e. The zero-order valence-electron chi connectivity index (χ0n) is 6.68. The summed E-state index contributed by atoms with van der Waals surface area (Å²) in [6.45, 7) is 5.80. The van der Waals surface area contributed by atoms with Gasteiger partial charge in [-0.05, 0) is 6.92 Å². The second kappa shape index (κ2) is 2.95. The van der Waals surface area contributed by atoms with E-state index in [1.807, 2.05) is 0 Å². The molecule has 1 aliphatic heterocycles. The molecular formula is C8H14NO+. The first-order chi connectivity index (χ1) is 4.75. The Hall–Kier alpha value is -0.660. The maximum Gasteiger partial charge on any atom is 0.219 e. The van der Waals surface area contributed by atoms with E-state index in [4.69, 9.17) is 0 Å². The fourth-order valence-corrected chi connectivity index (χ4v) is 1.48. The first-order valence-electron chi connectivity index (χ1n) is 3.87. The Morgan fingerprint density at radius 3 is 2.80 bits per heavy atom. The second-order valence-electron chi connectivity index (χ2n) is 2.69. The topological polar surface area (TPSA) is 20.1 Å². The summed E-state index contributed by atoms with van der Waals surface area (Å²) >= 11 is 0. The van der Waals surface area contributed by atoms with Gasteiger partial charge in [0.2, 0.25) is 11.5 Å². The van der Waals surface area contributed by atoms with Gasteiger partial charge in [-0.1, -0.05) is 0 Å². The minimum atomic E-state index is 0.249. The molecule has 10 heavy (non-hydrogen) atoms. The Balaban J connectivity index is 2.78. The van der Waals surface area contributed by atoms with E-state index in [2.05, 4.69) is 11.5 Å². The first-order valence-corrected chi connectivity index (χ1v) is 3.87. The van der Waals surface area contributed by atoms with Gasteiger partial charge in [-0.15, -0.1) is 0 Å². The van der Waals surface area contributed by atoms with Gasteiger partial charge in [0.15, 0.2) is 0 Å². The molecule has 0 aliphatic carbocycles. The van der Waals surface area contributed by atoms with Gasteiger partial charge in [0, 0.05) is 19.8 Å². The summed E-state index contributed by atoms with van der Waals surface area (Å²) < 4.78 is 2.17. The van der Waals surface area contributed by atoms with Crippen molar-refractivity contribution < 1.29 is 9.37 Å². The van der Waals surface area contributed by atoms with Crippen molar-refractivity contribution in [2.75, 3.05) is 13.1 Å². The number of hydrogen-bond acceptors (Lipinski definition) is 1. The van der Waals surface area contributed by atoms with Crippen LogP contribution in [0.4, 0.5) is 0 Å². The van der Waals surface area contributed by atoms with Crippen LogP contribution < -0.4 is 0 Å². The maximum atomic E-state index is 10.9. The Kier molecular flexibility index (Phi) is 2.20. The lowest BCUT2D eigenvalue weighted by Crippen LogP contribution is -2.20. The third-order valence-electron chi connectivity index (χ3n) is 2.01. The summed E-state index contributed by atoms with van der Waals surface area (Å²) in [4.78, 5) is 10.9. The predicted molar refractivity (Wildman–Crippen MR) is 40.6 cm³/mol. The number of carbonyl (C=O) groups is 1. The molecule has 1 aliphatic rings. The molecule has 2 heteroatoms. The van der Waals surface area contributed by atoms with Gasteiger partial charge in [-0.3, -0.25) is 4.79 Å². The van der Waals surface area contributed by atoms with Crippen LogP contribution in [0.1, 0.15) is 26.7 Å². The highest BCUT2D eigenvalue weighted by Crippen LogP contribution is 2.04. The Morgan fingerprint density at radius 1 is 1.70 bits per heavy atom. The SMILES string of the molecule is CC[N+]1=C(C(C)=O)CCC1. The molecule has 56 valence electrons. The lowest BCUT2D eigenvalue weighted by Gasteiger charge is -1.93. The summed E-state index contributed by atoms with van der Waals surface area (Å²) in [7, 11) is 0. The van der Waals surface area contributed by atoms with E-state index in [0.29, 0.717) is 0 Å². The van der Waals surface area contributed by atoms with Crippen molar-refractivity contribution in [1.29, 1.82) is 0 Å². The van der Waals surface area contributed by atoms with E-state index < -0.39 is 0 Å². The number of ketones is 1. The zero-order chi connectivity index (χ0) is 7.56. The van der Waals surface area contributed by atoms with Crippen molar-refractivity contribution in [2.24, 2.45) is 0 Å². The Bertz CT molecular complexity index is 182. The number of hydrogen-bond donors (Lipinski definition) is 0. The zero-order valence-corrected chi connectivity index (χ0v) is 6.68. The fourth-order valence-electron chi connectivity index (χ4n) is 1.48. The third-order valence-corrected chi connectivity index (χ3v) is 2.01. The van der Waals surface area contributed by atoms with Crippen LogP contribution >= 0.6 is 0 Å². The first kappa shape index (κ1) is 7.45. The summed E-state index contributed by atoms with van der Waals surface area (Å²) in [6, 6.07) is 0. The molecule has 0 fully saturated rings. The number of nitrogens with zero attached hydrogens (tertiary/aromatic N) is 1. The molecule has 0 bridgehead atoms. The van der Waals surface area contributed by atoms with E-state index >= 15 is 0 Å². The summed E-state index contributed by atoms with van der Waals surface area (Å²) in [6.07, 6.45) is 2.14. The molecule has 0 saturated carbocycles. The molecule has 0 spiro atoms. The molecule has 0 aromatic heterocycles. The number of Topliss-reactive ketones (excluding diaryl/α,β-unsaturated/α-hetero) is 1. The van der Waals surface area contributed by atoms with Crippen molar-refractivity contribution in [1.82, 2.24) is 0 Å². The fraction of sp³-hybridized carbons (Fsp3) is 0.750. The van der Waals surface area contributed by atoms with Crippen LogP contribution in [0.3, 0.4) is 0 Å². The highest BCUT2D eigenvalue weighted by atomic mass is 16.1. The number of carbonyl (C=O) groups excluding carboxylic acids is 1. The minimum absolute atomic E-state index is 0.249. The van der Waals surface area contributed by atoms with Gasteiger partial charge in [-0.2, -0.15) is 0 Å². The summed E-state index contributed by atoms with van der Waals surface area (Å²) in [5.74, 6) is 0.249. The average Bonchev–Trinajstić information content (AvgIpc) is 2.33. The Labute approximate surface area is 61.6 Å². The van der Waals surface area contributed by atoms with Gasteiger partial charge < -0.3 is 0 Å². The molecule has 1 rings (SSSR count).